The normalized spacial score (nSPS) is 11.7. The number of benzene rings is 2. The van der Waals surface area contributed by atoms with Crippen LogP contribution in [-0.2, 0) is 28.6 Å². The van der Waals surface area contributed by atoms with Crippen LogP contribution >= 0.6 is 22.9 Å². The predicted molar refractivity (Wildman–Crippen MR) is 143 cm³/mol. The van der Waals surface area contributed by atoms with E-state index in [-0.39, 0.29) is 15.7 Å². The number of hydrogen-bond donors (Lipinski definition) is 1. The second-order valence-electron chi connectivity index (χ2n) is 8.51. The number of hydrogen-bond acceptors (Lipinski definition) is 7. The highest BCUT2D eigenvalue weighted by atomic mass is 35.5. The molecule has 0 atom stereocenters. The second kappa shape index (κ2) is 10.5. The first kappa shape index (κ1) is 25.2. The largest absolute Gasteiger partial charge is 0.496 e. The molecule has 0 bridgehead atoms. The average Bonchev–Trinajstić information content (AvgIpc) is 3.64. The van der Waals surface area contributed by atoms with Crippen LogP contribution in [0.4, 0.5) is 0 Å². The van der Waals surface area contributed by atoms with E-state index in [4.69, 9.17) is 21.4 Å². The quantitative estimate of drug-likeness (QED) is 0.234. The van der Waals surface area contributed by atoms with Gasteiger partial charge in [-0.2, -0.15) is 10.2 Å². The summed E-state index contributed by atoms with van der Waals surface area (Å²) < 4.78 is 34.2. The average molecular weight is 555 g/mol. The number of Topliss-reactive ketones (excluding diaryl/α,β-unsaturated/α-hetero) is 1. The second-order valence-corrected chi connectivity index (χ2v) is 12.4. The van der Waals surface area contributed by atoms with Crippen molar-refractivity contribution in [1.82, 2.24) is 20.0 Å². The maximum Gasteiger partial charge on any atom is 0.193 e. The number of fused-ring (bicyclic) bond motifs is 1. The summed E-state index contributed by atoms with van der Waals surface area (Å²) in [6, 6.07) is 16.6. The molecule has 0 amide bonds. The van der Waals surface area contributed by atoms with Crippen molar-refractivity contribution in [3.8, 4) is 5.75 Å². The number of rotatable bonds is 10. The molecule has 3 heterocycles. The smallest absolute Gasteiger partial charge is 0.193 e. The van der Waals surface area contributed by atoms with Crippen molar-refractivity contribution in [2.75, 3.05) is 7.11 Å². The number of aromatic nitrogens is 4. The number of sulfone groups is 1. The van der Waals surface area contributed by atoms with Crippen molar-refractivity contribution in [2.45, 2.75) is 29.3 Å². The van der Waals surface area contributed by atoms with E-state index in [1.807, 2.05) is 36.4 Å². The summed E-state index contributed by atoms with van der Waals surface area (Å²) in [5.74, 6) is 0.316. The van der Waals surface area contributed by atoms with E-state index in [1.165, 1.54) is 12.3 Å². The number of carbonyl (C=O) groups excluding carboxylic acids is 1. The van der Waals surface area contributed by atoms with Crippen LogP contribution in [0.15, 0.2) is 71.2 Å². The van der Waals surface area contributed by atoms with Gasteiger partial charge in [0.05, 0.1) is 46.3 Å². The van der Waals surface area contributed by atoms with Gasteiger partial charge < -0.3 is 4.74 Å². The Morgan fingerprint density at radius 3 is 2.68 bits per heavy atom. The molecule has 0 radical (unpaired) electrons. The highest BCUT2D eigenvalue weighted by Crippen LogP contribution is 2.33. The van der Waals surface area contributed by atoms with Crippen LogP contribution in [0.5, 0.6) is 5.75 Å². The number of carbonyl (C=O) groups is 1. The molecule has 8 nitrogen and oxygen atoms in total. The van der Waals surface area contributed by atoms with Gasteiger partial charge in [-0.1, -0.05) is 41.9 Å². The Kier molecular flexibility index (Phi) is 7.14. The molecule has 190 valence electrons. The lowest BCUT2D eigenvalue weighted by molar-refractivity contribution is 0.0983. The molecule has 0 spiro atoms. The first-order valence-electron chi connectivity index (χ1n) is 11.4. The minimum atomic E-state index is -3.65. The summed E-state index contributed by atoms with van der Waals surface area (Å²) in [4.78, 5) is 12.3. The molecular weight excluding hydrogens is 532 g/mol. The van der Waals surface area contributed by atoms with Crippen molar-refractivity contribution in [3.63, 3.8) is 0 Å². The van der Waals surface area contributed by atoms with Gasteiger partial charge >= 0.3 is 0 Å². The Morgan fingerprint density at radius 1 is 1.14 bits per heavy atom. The van der Waals surface area contributed by atoms with Gasteiger partial charge in [-0.05, 0) is 41.8 Å². The minimum absolute atomic E-state index is 0.0298. The number of nitrogens with one attached hydrogen (secondary N) is 1. The molecule has 2 aromatic carbocycles. The molecule has 0 fully saturated rings. The van der Waals surface area contributed by atoms with Gasteiger partial charge in [-0.3, -0.25) is 14.6 Å². The van der Waals surface area contributed by atoms with E-state index in [2.05, 4.69) is 10.2 Å². The zero-order chi connectivity index (χ0) is 26.0. The number of ketones is 1. The van der Waals surface area contributed by atoms with E-state index in [1.54, 1.807) is 30.1 Å². The summed E-state index contributed by atoms with van der Waals surface area (Å²) in [6.45, 7) is 0.429. The molecule has 0 aliphatic rings. The summed E-state index contributed by atoms with van der Waals surface area (Å²) in [5.41, 5.74) is 3.77. The van der Waals surface area contributed by atoms with E-state index in [0.29, 0.717) is 46.1 Å². The molecule has 0 aliphatic carbocycles. The summed E-state index contributed by atoms with van der Waals surface area (Å²) in [5, 5.41) is 11.9. The maximum atomic E-state index is 13.1. The molecule has 5 rings (SSSR count). The summed E-state index contributed by atoms with van der Waals surface area (Å²) >= 11 is 7.00. The number of nitrogens with zero attached hydrogens (tertiary/aromatic N) is 3. The van der Waals surface area contributed by atoms with Gasteiger partial charge in [0.25, 0.3) is 0 Å². The van der Waals surface area contributed by atoms with Crippen molar-refractivity contribution in [2.24, 2.45) is 0 Å². The summed E-state index contributed by atoms with van der Waals surface area (Å²) in [7, 11) is -2.09. The van der Waals surface area contributed by atoms with Crippen LogP contribution in [0.3, 0.4) is 0 Å². The Balaban J connectivity index is 1.43. The molecule has 11 heteroatoms. The molecule has 1 N–H and O–H groups in total. The van der Waals surface area contributed by atoms with Crippen molar-refractivity contribution in [1.29, 1.82) is 0 Å². The van der Waals surface area contributed by atoms with Gasteiger partial charge in [0.2, 0.25) is 0 Å². The molecule has 0 saturated heterocycles. The standard InChI is InChI=1S/C26H23ClN4O4S2/c1-35-23-7-3-6-21-26(23)20(16-37(33,34)25-11-10-24(27)36-25)30-31(21)15-18-5-2-4-17(12-18)8-9-22(32)19-13-28-29-14-19/h2-7,10-14H,8-9,15-16H2,1H3,(H,28,29). The van der Waals surface area contributed by atoms with E-state index in [9.17, 15) is 13.2 Å². The lowest BCUT2D eigenvalue weighted by atomic mass is 10.0. The fourth-order valence-electron chi connectivity index (χ4n) is 4.24. The van der Waals surface area contributed by atoms with Gasteiger partial charge in [0.15, 0.2) is 15.6 Å². The Morgan fingerprint density at radius 2 is 1.95 bits per heavy atom. The number of H-pyrrole nitrogens is 1. The molecular formula is C26H23ClN4O4S2. The topological polar surface area (TPSA) is 107 Å². The lowest BCUT2D eigenvalue weighted by Crippen LogP contribution is -2.06. The molecule has 0 unspecified atom stereocenters. The number of methoxy groups -OCH3 is 1. The predicted octanol–water partition coefficient (Wildman–Crippen LogP) is 5.32. The fraction of sp³-hybridized carbons (Fsp3) is 0.192. The van der Waals surface area contributed by atoms with Crippen LogP contribution in [0.25, 0.3) is 10.9 Å². The molecule has 5 aromatic rings. The Labute approximate surface area is 222 Å². The van der Waals surface area contributed by atoms with Crippen LogP contribution < -0.4 is 4.74 Å². The van der Waals surface area contributed by atoms with Crippen LogP contribution in [-0.4, -0.2) is 41.3 Å². The number of aromatic amines is 1. The van der Waals surface area contributed by atoms with Gasteiger partial charge in [-0.15, -0.1) is 11.3 Å². The lowest BCUT2D eigenvalue weighted by Gasteiger charge is -2.07. The Hall–Kier alpha value is -3.47. The first-order chi connectivity index (χ1) is 17.8. The summed E-state index contributed by atoms with van der Waals surface area (Å²) in [6.07, 6.45) is 4.10. The highest BCUT2D eigenvalue weighted by Gasteiger charge is 2.24. The van der Waals surface area contributed by atoms with E-state index >= 15 is 0 Å². The third-order valence-electron chi connectivity index (χ3n) is 6.00. The van der Waals surface area contributed by atoms with Gasteiger partial charge in [-0.25, -0.2) is 8.42 Å². The van der Waals surface area contributed by atoms with Crippen molar-refractivity contribution in [3.05, 3.63) is 93.7 Å². The third kappa shape index (κ3) is 5.46. The molecule has 0 aliphatic heterocycles. The number of ether oxygens (including phenoxy) is 1. The fourth-order valence-corrected chi connectivity index (χ4v) is 7.09. The zero-order valence-corrected chi connectivity index (χ0v) is 22.2. The molecule has 0 saturated carbocycles. The maximum absolute atomic E-state index is 13.1. The zero-order valence-electron chi connectivity index (χ0n) is 19.8. The highest BCUT2D eigenvalue weighted by molar-refractivity contribution is 7.92. The van der Waals surface area contributed by atoms with E-state index < -0.39 is 9.84 Å². The number of thiophene rings is 1. The van der Waals surface area contributed by atoms with Crippen LogP contribution in [0.1, 0.15) is 33.6 Å². The monoisotopic (exact) mass is 554 g/mol. The van der Waals surface area contributed by atoms with Crippen molar-refractivity contribution >= 4 is 49.5 Å². The molecule has 3 aromatic heterocycles. The number of halogens is 1. The SMILES string of the molecule is COc1cccc2c1c(CS(=O)(=O)c1ccc(Cl)s1)nn2Cc1cccc(CCC(=O)c2cn[nH]c2)c1. The minimum Gasteiger partial charge on any atom is -0.496 e. The first-order valence-corrected chi connectivity index (χ1v) is 14.3. The van der Waals surface area contributed by atoms with Gasteiger partial charge in [0, 0.05) is 12.6 Å². The van der Waals surface area contributed by atoms with E-state index in [0.717, 1.165) is 28.0 Å². The molecule has 37 heavy (non-hydrogen) atoms. The van der Waals surface area contributed by atoms with Crippen LogP contribution in [0.2, 0.25) is 4.34 Å². The third-order valence-corrected chi connectivity index (χ3v) is 9.44. The van der Waals surface area contributed by atoms with Gasteiger partial charge in [0.1, 0.15) is 15.7 Å². The Bertz CT molecular complexity index is 1670. The number of aryl methyl sites for hydroxylation is 1. The van der Waals surface area contributed by atoms with Crippen LogP contribution in [0, 0.1) is 0 Å². The van der Waals surface area contributed by atoms with Crippen molar-refractivity contribution < 1.29 is 17.9 Å².